The number of fused-ring (bicyclic) bond motifs is 1. The molecule has 4 aromatic carbocycles. The monoisotopic (exact) mass is 322 g/mol. The van der Waals surface area contributed by atoms with Gasteiger partial charge in [-0.1, -0.05) is 97.1 Å². The van der Waals surface area contributed by atoms with E-state index in [2.05, 4.69) is 36.4 Å². The van der Waals surface area contributed by atoms with Crippen LogP contribution in [0, 0.1) is 0 Å². The first-order valence-electron chi connectivity index (χ1n) is 8.46. The summed E-state index contributed by atoms with van der Waals surface area (Å²) in [6.45, 7) is 0. The molecule has 0 bridgehead atoms. The van der Waals surface area contributed by atoms with Crippen LogP contribution < -0.4 is 0 Å². The smallest absolute Gasteiger partial charge is 0.167 e. The Labute approximate surface area is 147 Å². The summed E-state index contributed by atoms with van der Waals surface area (Å²) < 4.78 is 0. The number of hydrogen-bond donors (Lipinski definition) is 0. The minimum Gasteiger partial charge on any atom is -0.294 e. The molecule has 0 aliphatic carbocycles. The highest BCUT2D eigenvalue weighted by Gasteiger charge is 2.08. The van der Waals surface area contributed by atoms with Crippen molar-refractivity contribution in [3.05, 3.63) is 108 Å². The molecule has 120 valence electrons. The minimum atomic E-state index is 0.148. The molecule has 0 aromatic heterocycles. The average Bonchev–Trinajstić information content (AvgIpc) is 2.69. The van der Waals surface area contributed by atoms with Crippen molar-refractivity contribution >= 4 is 16.6 Å². The van der Waals surface area contributed by atoms with E-state index in [4.69, 9.17) is 0 Å². The van der Waals surface area contributed by atoms with E-state index in [1.807, 2.05) is 60.7 Å². The molecule has 1 heteroatoms. The SMILES string of the molecule is O=C(Cc1ccc2ccccc2c1)c1ccc(-c2ccccc2)cc1. The van der Waals surface area contributed by atoms with Crippen molar-refractivity contribution in [2.45, 2.75) is 6.42 Å². The quantitative estimate of drug-likeness (QED) is 0.425. The van der Waals surface area contributed by atoms with Crippen LogP contribution in [0.5, 0.6) is 0 Å². The Morgan fingerprint density at radius 2 is 1.24 bits per heavy atom. The van der Waals surface area contributed by atoms with Crippen LogP contribution in [0.3, 0.4) is 0 Å². The summed E-state index contributed by atoms with van der Waals surface area (Å²) in [5, 5.41) is 2.37. The van der Waals surface area contributed by atoms with E-state index < -0.39 is 0 Å². The van der Waals surface area contributed by atoms with E-state index in [0.717, 1.165) is 22.3 Å². The molecule has 0 aliphatic rings. The van der Waals surface area contributed by atoms with Crippen LogP contribution in [-0.2, 0) is 6.42 Å². The third-order valence-corrected chi connectivity index (χ3v) is 4.49. The van der Waals surface area contributed by atoms with Crippen molar-refractivity contribution in [2.75, 3.05) is 0 Å². The van der Waals surface area contributed by atoms with Gasteiger partial charge < -0.3 is 0 Å². The molecule has 25 heavy (non-hydrogen) atoms. The second-order valence-electron chi connectivity index (χ2n) is 6.22. The van der Waals surface area contributed by atoms with Crippen molar-refractivity contribution in [3.8, 4) is 11.1 Å². The summed E-state index contributed by atoms with van der Waals surface area (Å²) in [6.07, 6.45) is 0.426. The van der Waals surface area contributed by atoms with Crippen molar-refractivity contribution in [2.24, 2.45) is 0 Å². The van der Waals surface area contributed by atoms with E-state index in [0.29, 0.717) is 6.42 Å². The van der Waals surface area contributed by atoms with E-state index >= 15 is 0 Å². The Morgan fingerprint density at radius 1 is 0.600 bits per heavy atom. The van der Waals surface area contributed by atoms with Gasteiger partial charge in [-0.25, -0.2) is 0 Å². The molecule has 0 N–H and O–H groups in total. The highest BCUT2D eigenvalue weighted by atomic mass is 16.1. The molecule has 0 heterocycles. The third kappa shape index (κ3) is 3.36. The molecule has 0 aliphatic heterocycles. The zero-order chi connectivity index (χ0) is 17.1. The largest absolute Gasteiger partial charge is 0.294 e. The maximum Gasteiger partial charge on any atom is 0.167 e. The Hall–Kier alpha value is -3.19. The molecule has 0 amide bonds. The topological polar surface area (TPSA) is 17.1 Å². The number of carbonyl (C=O) groups is 1. The second kappa shape index (κ2) is 6.74. The molecule has 0 radical (unpaired) electrons. The van der Waals surface area contributed by atoms with E-state index in [-0.39, 0.29) is 5.78 Å². The first-order valence-corrected chi connectivity index (χ1v) is 8.46. The standard InChI is InChI=1S/C24H18O/c25-24(17-18-10-11-20-8-4-5-9-23(20)16-18)22-14-12-21(13-15-22)19-6-2-1-3-7-19/h1-16H,17H2. The van der Waals surface area contributed by atoms with Crippen LogP contribution in [0.25, 0.3) is 21.9 Å². The molecule has 0 spiro atoms. The normalized spacial score (nSPS) is 10.7. The molecule has 4 aromatic rings. The van der Waals surface area contributed by atoms with Gasteiger partial charge >= 0.3 is 0 Å². The van der Waals surface area contributed by atoms with Gasteiger partial charge in [0.25, 0.3) is 0 Å². The molecular weight excluding hydrogens is 304 g/mol. The van der Waals surface area contributed by atoms with Crippen molar-refractivity contribution in [1.29, 1.82) is 0 Å². The number of carbonyl (C=O) groups excluding carboxylic acids is 1. The van der Waals surface area contributed by atoms with Gasteiger partial charge in [0.05, 0.1) is 0 Å². The second-order valence-corrected chi connectivity index (χ2v) is 6.22. The molecule has 0 atom stereocenters. The number of benzene rings is 4. The highest BCUT2D eigenvalue weighted by molar-refractivity contribution is 5.98. The summed E-state index contributed by atoms with van der Waals surface area (Å²) in [7, 11) is 0. The fourth-order valence-corrected chi connectivity index (χ4v) is 3.12. The summed E-state index contributed by atoms with van der Waals surface area (Å²) >= 11 is 0. The predicted octanol–water partition coefficient (Wildman–Crippen LogP) is 5.93. The van der Waals surface area contributed by atoms with Gasteiger partial charge in [-0.15, -0.1) is 0 Å². The molecule has 0 saturated carbocycles. The van der Waals surface area contributed by atoms with Gasteiger partial charge in [0.2, 0.25) is 0 Å². The first kappa shape index (κ1) is 15.3. The molecule has 0 fully saturated rings. The fraction of sp³-hybridized carbons (Fsp3) is 0.0417. The van der Waals surface area contributed by atoms with Crippen LogP contribution in [0.2, 0.25) is 0 Å². The highest BCUT2D eigenvalue weighted by Crippen LogP contribution is 2.21. The lowest BCUT2D eigenvalue weighted by molar-refractivity contribution is 0.0993. The van der Waals surface area contributed by atoms with Gasteiger partial charge in [0.15, 0.2) is 5.78 Å². The maximum atomic E-state index is 12.6. The van der Waals surface area contributed by atoms with Crippen LogP contribution >= 0.6 is 0 Å². The number of Topliss-reactive ketones (excluding diaryl/α,β-unsaturated/α-hetero) is 1. The number of rotatable bonds is 4. The van der Waals surface area contributed by atoms with Crippen molar-refractivity contribution in [3.63, 3.8) is 0 Å². The average molecular weight is 322 g/mol. The Bertz CT molecular complexity index is 1010. The molecule has 0 unspecified atom stereocenters. The molecule has 4 rings (SSSR count). The maximum absolute atomic E-state index is 12.6. The minimum absolute atomic E-state index is 0.148. The first-order chi connectivity index (χ1) is 12.3. The summed E-state index contributed by atoms with van der Waals surface area (Å²) in [5.74, 6) is 0.148. The zero-order valence-electron chi connectivity index (χ0n) is 13.9. The van der Waals surface area contributed by atoms with Crippen molar-refractivity contribution < 1.29 is 4.79 Å². The van der Waals surface area contributed by atoms with E-state index in [1.54, 1.807) is 0 Å². The summed E-state index contributed by atoms with van der Waals surface area (Å²) in [5.41, 5.74) is 4.10. The van der Waals surface area contributed by atoms with E-state index in [9.17, 15) is 4.79 Å². The van der Waals surface area contributed by atoms with Gasteiger partial charge in [-0.05, 0) is 27.5 Å². The van der Waals surface area contributed by atoms with Crippen LogP contribution in [0.4, 0.5) is 0 Å². The summed E-state index contributed by atoms with van der Waals surface area (Å²) in [6, 6.07) is 32.5. The van der Waals surface area contributed by atoms with E-state index in [1.165, 1.54) is 10.8 Å². The Kier molecular flexibility index (Phi) is 4.14. The molecular formula is C24H18O. The lowest BCUT2D eigenvalue weighted by atomic mass is 9.98. The Morgan fingerprint density at radius 3 is 2.00 bits per heavy atom. The summed E-state index contributed by atoms with van der Waals surface area (Å²) in [4.78, 5) is 12.6. The predicted molar refractivity (Wildman–Crippen MR) is 104 cm³/mol. The van der Waals surface area contributed by atoms with Crippen LogP contribution in [0.15, 0.2) is 97.1 Å². The third-order valence-electron chi connectivity index (χ3n) is 4.49. The fourth-order valence-electron chi connectivity index (χ4n) is 3.12. The number of ketones is 1. The zero-order valence-corrected chi connectivity index (χ0v) is 13.9. The van der Waals surface area contributed by atoms with Gasteiger partial charge in [-0.3, -0.25) is 4.79 Å². The molecule has 1 nitrogen and oxygen atoms in total. The Balaban J connectivity index is 1.54. The lowest BCUT2D eigenvalue weighted by Gasteiger charge is -2.06. The number of hydrogen-bond acceptors (Lipinski definition) is 1. The molecule has 0 saturated heterocycles. The van der Waals surface area contributed by atoms with Gasteiger partial charge in [0, 0.05) is 12.0 Å². The lowest BCUT2D eigenvalue weighted by Crippen LogP contribution is -2.03. The van der Waals surface area contributed by atoms with Crippen molar-refractivity contribution in [1.82, 2.24) is 0 Å². The van der Waals surface area contributed by atoms with Crippen LogP contribution in [0.1, 0.15) is 15.9 Å². The van der Waals surface area contributed by atoms with Gasteiger partial charge in [-0.2, -0.15) is 0 Å². The van der Waals surface area contributed by atoms with Crippen LogP contribution in [-0.4, -0.2) is 5.78 Å². The van der Waals surface area contributed by atoms with Gasteiger partial charge in [0.1, 0.15) is 0 Å².